The summed E-state index contributed by atoms with van der Waals surface area (Å²) in [6.07, 6.45) is 0. The first-order valence-electron chi connectivity index (χ1n) is 18.8. The van der Waals surface area contributed by atoms with E-state index in [1.165, 1.54) is 66.8 Å². The van der Waals surface area contributed by atoms with Gasteiger partial charge in [0.1, 0.15) is 0 Å². The monoisotopic (exact) mass is 701 g/mol. The van der Waals surface area contributed by atoms with Crippen LogP contribution < -0.4 is 4.90 Å². The van der Waals surface area contributed by atoms with Gasteiger partial charge in [-0.15, -0.1) is 0 Å². The van der Waals surface area contributed by atoms with Gasteiger partial charge in [-0.25, -0.2) is 0 Å². The van der Waals surface area contributed by atoms with Crippen LogP contribution in [0.3, 0.4) is 0 Å². The Bertz CT molecular complexity index is 2630. The van der Waals surface area contributed by atoms with Gasteiger partial charge in [0, 0.05) is 17.1 Å². The molecule has 0 fully saturated rings. The van der Waals surface area contributed by atoms with Gasteiger partial charge in [-0.05, 0) is 115 Å². The lowest BCUT2D eigenvalue weighted by Crippen LogP contribution is -2.09. The fourth-order valence-corrected chi connectivity index (χ4v) is 7.45. The minimum Gasteiger partial charge on any atom is -0.311 e. The Balaban J connectivity index is 1.08. The molecular weight excluding hydrogens is 663 g/mol. The molecule has 55 heavy (non-hydrogen) atoms. The van der Waals surface area contributed by atoms with Crippen LogP contribution in [0.15, 0.2) is 237 Å². The maximum absolute atomic E-state index is 2.34. The highest BCUT2D eigenvalue weighted by Gasteiger charge is 2.15. The van der Waals surface area contributed by atoms with Crippen molar-refractivity contribution in [3.63, 3.8) is 0 Å². The average Bonchev–Trinajstić information content (AvgIpc) is 3.28. The molecule has 9 aromatic carbocycles. The van der Waals surface area contributed by atoms with E-state index in [1.54, 1.807) is 0 Å². The molecule has 0 radical (unpaired) electrons. The van der Waals surface area contributed by atoms with Gasteiger partial charge < -0.3 is 4.90 Å². The van der Waals surface area contributed by atoms with E-state index in [0.717, 1.165) is 17.1 Å². The van der Waals surface area contributed by atoms with Crippen molar-refractivity contribution in [2.45, 2.75) is 0 Å². The van der Waals surface area contributed by atoms with E-state index in [2.05, 4.69) is 241 Å². The second-order valence-electron chi connectivity index (χ2n) is 13.8. The zero-order chi connectivity index (χ0) is 36.8. The van der Waals surface area contributed by atoms with E-state index in [9.17, 15) is 0 Å². The normalized spacial score (nSPS) is 10.9. The zero-order valence-corrected chi connectivity index (χ0v) is 30.5. The van der Waals surface area contributed by atoms with E-state index in [4.69, 9.17) is 0 Å². The van der Waals surface area contributed by atoms with Crippen molar-refractivity contribution in [2.24, 2.45) is 0 Å². The number of rotatable bonds is 9. The Morgan fingerprint density at radius 2 is 0.473 bits per heavy atom. The second-order valence-corrected chi connectivity index (χ2v) is 13.8. The van der Waals surface area contributed by atoms with Crippen molar-refractivity contribution >= 4 is 17.1 Å². The van der Waals surface area contributed by atoms with E-state index < -0.39 is 0 Å². The molecule has 0 saturated heterocycles. The third-order valence-corrected chi connectivity index (χ3v) is 10.3. The van der Waals surface area contributed by atoms with Crippen LogP contribution in [-0.4, -0.2) is 0 Å². The van der Waals surface area contributed by atoms with Gasteiger partial charge in [0.25, 0.3) is 0 Å². The van der Waals surface area contributed by atoms with Crippen LogP contribution in [0.1, 0.15) is 0 Å². The van der Waals surface area contributed by atoms with Gasteiger partial charge in [-0.3, -0.25) is 0 Å². The molecule has 1 heteroatoms. The van der Waals surface area contributed by atoms with E-state index in [0.29, 0.717) is 0 Å². The fraction of sp³-hybridized carbons (Fsp3) is 0. The van der Waals surface area contributed by atoms with Gasteiger partial charge in [0.2, 0.25) is 0 Å². The summed E-state index contributed by atoms with van der Waals surface area (Å²) < 4.78 is 0. The topological polar surface area (TPSA) is 3.24 Å². The third-order valence-electron chi connectivity index (χ3n) is 10.3. The van der Waals surface area contributed by atoms with Crippen molar-refractivity contribution in [3.8, 4) is 66.8 Å². The molecule has 0 atom stereocenters. The maximum atomic E-state index is 2.34. The SMILES string of the molecule is c1ccc(-c2ccc(N(c3ccc(-c4cccc(-c5ccccc5)c4)cc3)c3ccc(-c4ccc(-c5ccccc5)c(-c5ccccc5)c4)cc3)cc2)cc1. The summed E-state index contributed by atoms with van der Waals surface area (Å²) in [5.74, 6) is 0. The van der Waals surface area contributed by atoms with Gasteiger partial charge >= 0.3 is 0 Å². The first kappa shape index (κ1) is 33.6. The largest absolute Gasteiger partial charge is 0.311 e. The number of benzene rings is 9. The summed E-state index contributed by atoms with van der Waals surface area (Å²) in [5.41, 5.74) is 17.8. The van der Waals surface area contributed by atoms with E-state index in [-0.39, 0.29) is 0 Å². The van der Waals surface area contributed by atoms with Crippen LogP contribution >= 0.6 is 0 Å². The molecule has 0 N–H and O–H groups in total. The Morgan fingerprint density at radius 3 is 0.909 bits per heavy atom. The quantitative estimate of drug-likeness (QED) is 0.145. The minimum atomic E-state index is 1.10. The van der Waals surface area contributed by atoms with Crippen LogP contribution in [0.5, 0.6) is 0 Å². The highest BCUT2D eigenvalue weighted by molar-refractivity contribution is 5.88. The molecule has 0 aliphatic carbocycles. The van der Waals surface area contributed by atoms with Crippen molar-refractivity contribution in [1.82, 2.24) is 0 Å². The van der Waals surface area contributed by atoms with Crippen molar-refractivity contribution in [2.75, 3.05) is 4.90 Å². The molecule has 0 unspecified atom stereocenters. The summed E-state index contributed by atoms with van der Waals surface area (Å²) >= 11 is 0. The van der Waals surface area contributed by atoms with Gasteiger partial charge in [-0.2, -0.15) is 0 Å². The molecule has 1 nitrogen and oxygen atoms in total. The summed E-state index contributed by atoms with van der Waals surface area (Å²) in [5, 5.41) is 0. The lowest BCUT2D eigenvalue weighted by Gasteiger charge is -2.26. The highest BCUT2D eigenvalue weighted by Crippen LogP contribution is 2.40. The van der Waals surface area contributed by atoms with Crippen LogP contribution in [0.2, 0.25) is 0 Å². The highest BCUT2D eigenvalue weighted by atomic mass is 15.1. The minimum absolute atomic E-state index is 1.10. The molecule has 9 aromatic rings. The second kappa shape index (κ2) is 15.4. The summed E-state index contributed by atoms with van der Waals surface area (Å²) in [4.78, 5) is 2.34. The molecular formula is C54H39N. The van der Waals surface area contributed by atoms with Crippen LogP contribution in [0, 0.1) is 0 Å². The van der Waals surface area contributed by atoms with Crippen LogP contribution in [0.25, 0.3) is 66.8 Å². The summed E-state index contributed by atoms with van der Waals surface area (Å²) in [6, 6.07) is 84.9. The van der Waals surface area contributed by atoms with Gasteiger partial charge in [-0.1, -0.05) is 188 Å². The number of hydrogen-bond acceptors (Lipinski definition) is 1. The standard InChI is InChI=1S/C54H39N/c1-5-14-40(15-6-1)42-24-31-50(32-25-42)55(51-33-26-43(27-34-51)48-23-13-22-47(38-48)41-16-7-2-8-17-41)52-35-28-44(29-36-52)49-30-37-53(45-18-9-3-10-19-45)54(39-49)46-20-11-4-12-21-46/h1-39H. The number of anilines is 3. The fourth-order valence-electron chi connectivity index (χ4n) is 7.45. The first-order chi connectivity index (χ1) is 27.3. The predicted molar refractivity (Wildman–Crippen MR) is 234 cm³/mol. The lowest BCUT2D eigenvalue weighted by molar-refractivity contribution is 1.28. The van der Waals surface area contributed by atoms with Crippen molar-refractivity contribution in [3.05, 3.63) is 237 Å². The third kappa shape index (κ3) is 7.25. The smallest absolute Gasteiger partial charge is 0.0462 e. The lowest BCUT2D eigenvalue weighted by atomic mass is 9.91. The summed E-state index contributed by atoms with van der Waals surface area (Å²) in [6.45, 7) is 0. The molecule has 0 aliphatic heterocycles. The predicted octanol–water partition coefficient (Wildman–Crippen LogP) is 15.2. The van der Waals surface area contributed by atoms with Gasteiger partial charge in [0.05, 0.1) is 0 Å². The molecule has 0 aromatic heterocycles. The van der Waals surface area contributed by atoms with Crippen LogP contribution in [0.4, 0.5) is 17.1 Å². The number of nitrogens with zero attached hydrogens (tertiary/aromatic N) is 1. The first-order valence-corrected chi connectivity index (χ1v) is 18.8. The van der Waals surface area contributed by atoms with Crippen molar-refractivity contribution < 1.29 is 0 Å². The number of hydrogen-bond donors (Lipinski definition) is 0. The van der Waals surface area contributed by atoms with Gasteiger partial charge in [0.15, 0.2) is 0 Å². The Hall–Kier alpha value is -7.22. The zero-order valence-electron chi connectivity index (χ0n) is 30.5. The van der Waals surface area contributed by atoms with Crippen LogP contribution in [-0.2, 0) is 0 Å². The Morgan fingerprint density at radius 1 is 0.182 bits per heavy atom. The van der Waals surface area contributed by atoms with E-state index >= 15 is 0 Å². The molecule has 9 rings (SSSR count). The molecule has 0 saturated carbocycles. The molecule has 0 bridgehead atoms. The summed E-state index contributed by atoms with van der Waals surface area (Å²) in [7, 11) is 0. The van der Waals surface area contributed by atoms with E-state index in [1.807, 2.05) is 0 Å². The Kier molecular flexibility index (Phi) is 9.41. The molecule has 0 heterocycles. The maximum Gasteiger partial charge on any atom is 0.0462 e. The molecule has 260 valence electrons. The Labute approximate surface area is 324 Å². The molecule has 0 amide bonds. The van der Waals surface area contributed by atoms with Crippen molar-refractivity contribution in [1.29, 1.82) is 0 Å². The molecule has 0 spiro atoms. The average molecular weight is 702 g/mol. The molecule has 0 aliphatic rings.